The van der Waals surface area contributed by atoms with Crippen LogP contribution in [0.5, 0.6) is 0 Å². The highest BCUT2D eigenvalue weighted by Gasteiger charge is 2.35. The molecule has 1 aromatic carbocycles. The predicted octanol–water partition coefficient (Wildman–Crippen LogP) is 3.29. The Morgan fingerprint density at radius 2 is 2.00 bits per heavy atom. The monoisotopic (exact) mass is 397 g/mol. The van der Waals surface area contributed by atoms with Crippen LogP contribution in [0.25, 0.3) is 0 Å². The van der Waals surface area contributed by atoms with Gasteiger partial charge in [-0.05, 0) is 60.9 Å². The molecule has 0 unspecified atom stereocenters. The molecule has 1 saturated heterocycles. The molecule has 0 spiro atoms. The van der Waals surface area contributed by atoms with Crippen LogP contribution < -0.4 is 10.2 Å². The van der Waals surface area contributed by atoms with Gasteiger partial charge in [-0.2, -0.15) is 0 Å². The molecule has 0 bridgehead atoms. The van der Waals surface area contributed by atoms with Gasteiger partial charge >= 0.3 is 0 Å². The van der Waals surface area contributed by atoms with Crippen LogP contribution in [0.4, 0.5) is 11.4 Å². The van der Waals surface area contributed by atoms with Gasteiger partial charge < -0.3 is 15.1 Å². The number of nitrogens with one attached hydrogen (secondary N) is 1. The number of hydrogen-bond acceptors (Lipinski definition) is 4. The Balaban J connectivity index is 1.49. The number of anilines is 2. The van der Waals surface area contributed by atoms with Gasteiger partial charge in [0, 0.05) is 31.4 Å². The zero-order valence-corrected chi connectivity index (χ0v) is 16.6. The third-order valence-corrected chi connectivity index (χ3v) is 6.25. The SMILES string of the molecule is CC(=O)N1CCCc2cc(NC(=O)[C@@H]3CCCN3C(=O)c3cccs3)ccc21. The maximum Gasteiger partial charge on any atom is 0.264 e. The number of rotatable bonds is 3. The lowest BCUT2D eigenvalue weighted by Crippen LogP contribution is -2.43. The van der Waals surface area contributed by atoms with Crippen molar-refractivity contribution in [2.45, 2.75) is 38.6 Å². The number of amides is 3. The molecule has 0 saturated carbocycles. The lowest BCUT2D eigenvalue weighted by Gasteiger charge is -2.29. The Morgan fingerprint density at radius 1 is 1.14 bits per heavy atom. The van der Waals surface area contributed by atoms with Crippen molar-refractivity contribution in [3.05, 3.63) is 46.2 Å². The first-order valence-electron chi connectivity index (χ1n) is 9.61. The summed E-state index contributed by atoms with van der Waals surface area (Å²) in [4.78, 5) is 41.5. The lowest BCUT2D eigenvalue weighted by atomic mass is 10.0. The van der Waals surface area contributed by atoms with Gasteiger partial charge in [0.25, 0.3) is 5.91 Å². The van der Waals surface area contributed by atoms with Crippen LogP contribution in [0.15, 0.2) is 35.7 Å². The Morgan fingerprint density at radius 3 is 2.75 bits per heavy atom. The van der Waals surface area contributed by atoms with Crippen molar-refractivity contribution < 1.29 is 14.4 Å². The van der Waals surface area contributed by atoms with Gasteiger partial charge in [0.05, 0.1) is 4.88 Å². The summed E-state index contributed by atoms with van der Waals surface area (Å²) in [5.41, 5.74) is 2.70. The Bertz CT molecular complexity index is 910. The summed E-state index contributed by atoms with van der Waals surface area (Å²) in [7, 11) is 0. The van der Waals surface area contributed by atoms with Gasteiger partial charge in [0.1, 0.15) is 6.04 Å². The van der Waals surface area contributed by atoms with E-state index in [4.69, 9.17) is 0 Å². The minimum Gasteiger partial charge on any atom is -0.326 e. The van der Waals surface area contributed by atoms with Gasteiger partial charge in [0.2, 0.25) is 11.8 Å². The first-order chi connectivity index (χ1) is 13.5. The summed E-state index contributed by atoms with van der Waals surface area (Å²) < 4.78 is 0. The molecule has 3 heterocycles. The zero-order chi connectivity index (χ0) is 19.7. The lowest BCUT2D eigenvalue weighted by molar-refractivity contribution is -0.119. The van der Waals surface area contributed by atoms with Gasteiger partial charge in [-0.15, -0.1) is 11.3 Å². The summed E-state index contributed by atoms with van der Waals surface area (Å²) in [5.74, 6) is -0.191. The number of aryl methyl sites for hydroxylation is 1. The normalized spacial score (nSPS) is 18.7. The number of benzene rings is 1. The van der Waals surface area contributed by atoms with Gasteiger partial charge in [0.15, 0.2) is 0 Å². The molecular formula is C21H23N3O3S. The van der Waals surface area contributed by atoms with E-state index in [9.17, 15) is 14.4 Å². The van der Waals surface area contributed by atoms with Crippen LogP contribution >= 0.6 is 11.3 Å². The van der Waals surface area contributed by atoms with Crippen molar-refractivity contribution in [3.8, 4) is 0 Å². The topological polar surface area (TPSA) is 69.7 Å². The summed E-state index contributed by atoms with van der Waals surface area (Å²) in [6.07, 6.45) is 3.30. The molecular weight excluding hydrogens is 374 g/mol. The quantitative estimate of drug-likeness (QED) is 0.864. The van der Waals surface area contributed by atoms with Crippen molar-refractivity contribution in [1.29, 1.82) is 0 Å². The fraction of sp³-hybridized carbons (Fsp3) is 0.381. The number of thiophene rings is 1. The molecule has 1 aromatic heterocycles. The third-order valence-electron chi connectivity index (χ3n) is 5.39. The average molecular weight is 398 g/mol. The van der Waals surface area contributed by atoms with Crippen molar-refractivity contribution >= 4 is 40.4 Å². The van der Waals surface area contributed by atoms with Crippen LogP contribution in [0.1, 0.15) is 41.4 Å². The van der Waals surface area contributed by atoms with Gasteiger partial charge in [-0.1, -0.05) is 6.07 Å². The molecule has 3 amide bonds. The first kappa shape index (κ1) is 18.7. The highest BCUT2D eigenvalue weighted by molar-refractivity contribution is 7.12. The van der Waals surface area contributed by atoms with Crippen molar-refractivity contribution in [3.63, 3.8) is 0 Å². The molecule has 0 radical (unpaired) electrons. The molecule has 7 heteroatoms. The summed E-state index contributed by atoms with van der Waals surface area (Å²) in [6.45, 7) is 2.91. The van der Waals surface area contributed by atoms with E-state index in [0.29, 0.717) is 23.5 Å². The fourth-order valence-corrected chi connectivity index (χ4v) is 4.73. The standard InChI is InChI=1S/C21H23N3O3S/c1-14(25)23-10-2-5-15-13-16(8-9-17(15)23)22-20(26)18-6-3-11-24(18)21(27)19-7-4-12-28-19/h4,7-9,12-13,18H,2-3,5-6,10-11H2,1H3,(H,22,26)/t18-/m0/s1. The molecule has 146 valence electrons. The number of nitrogens with zero attached hydrogens (tertiary/aromatic N) is 2. The molecule has 2 aliphatic rings. The van der Waals surface area contributed by atoms with E-state index < -0.39 is 6.04 Å². The van der Waals surface area contributed by atoms with Crippen LogP contribution in [0.3, 0.4) is 0 Å². The van der Waals surface area contributed by atoms with E-state index >= 15 is 0 Å². The molecule has 0 aliphatic carbocycles. The second-order valence-corrected chi connectivity index (χ2v) is 8.19. The second-order valence-electron chi connectivity index (χ2n) is 7.24. The Labute approximate surface area is 168 Å². The van der Waals surface area contributed by atoms with Crippen molar-refractivity contribution in [1.82, 2.24) is 4.90 Å². The molecule has 4 rings (SSSR count). The van der Waals surface area contributed by atoms with Gasteiger partial charge in [-0.25, -0.2) is 0 Å². The number of carbonyl (C=O) groups excluding carboxylic acids is 3. The third kappa shape index (κ3) is 3.54. The van der Waals surface area contributed by atoms with Crippen molar-refractivity contribution in [2.75, 3.05) is 23.3 Å². The van der Waals surface area contributed by atoms with E-state index in [1.165, 1.54) is 11.3 Å². The molecule has 2 aliphatic heterocycles. The summed E-state index contributed by atoms with van der Waals surface area (Å²) in [6, 6.07) is 8.88. The molecule has 6 nitrogen and oxygen atoms in total. The van der Waals surface area contributed by atoms with Crippen LogP contribution in [0, 0.1) is 0 Å². The Hall–Kier alpha value is -2.67. The smallest absolute Gasteiger partial charge is 0.264 e. The Kier molecular flexibility index (Phi) is 5.17. The van der Waals surface area contributed by atoms with Crippen LogP contribution in [-0.4, -0.2) is 41.8 Å². The fourth-order valence-electron chi connectivity index (χ4n) is 4.05. The highest BCUT2D eigenvalue weighted by Crippen LogP contribution is 2.30. The number of likely N-dealkylation sites (tertiary alicyclic amines) is 1. The molecule has 28 heavy (non-hydrogen) atoms. The minimum atomic E-state index is -0.445. The van der Waals surface area contributed by atoms with E-state index in [1.807, 2.05) is 29.6 Å². The van der Waals surface area contributed by atoms with Crippen LogP contribution in [0.2, 0.25) is 0 Å². The number of hydrogen-bond donors (Lipinski definition) is 1. The molecule has 1 N–H and O–H groups in total. The predicted molar refractivity (Wildman–Crippen MR) is 110 cm³/mol. The van der Waals surface area contributed by atoms with E-state index in [2.05, 4.69) is 5.32 Å². The number of fused-ring (bicyclic) bond motifs is 1. The van der Waals surface area contributed by atoms with Gasteiger partial charge in [-0.3, -0.25) is 14.4 Å². The highest BCUT2D eigenvalue weighted by atomic mass is 32.1. The first-order valence-corrected chi connectivity index (χ1v) is 10.5. The van der Waals surface area contributed by atoms with Crippen molar-refractivity contribution in [2.24, 2.45) is 0 Å². The van der Waals surface area contributed by atoms with E-state index in [0.717, 1.165) is 37.1 Å². The minimum absolute atomic E-state index is 0.0337. The largest absolute Gasteiger partial charge is 0.326 e. The maximum atomic E-state index is 12.9. The second kappa shape index (κ2) is 7.75. The molecule has 1 fully saturated rings. The van der Waals surface area contributed by atoms with E-state index in [-0.39, 0.29) is 17.7 Å². The summed E-state index contributed by atoms with van der Waals surface area (Å²) >= 11 is 1.40. The zero-order valence-electron chi connectivity index (χ0n) is 15.8. The van der Waals surface area contributed by atoms with E-state index in [1.54, 1.807) is 22.8 Å². The molecule has 2 aromatic rings. The molecule has 1 atom stereocenters. The maximum absolute atomic E-state index is 12.9. The average Bonchev–Trinajstić information content (AvgIpc) is 3.38. The number of carbonyl (C=O) groups is 3. The summed E-state index contributed by atoms with van der Waals surface area (Å²) in [5, 5.41) is 4.85. The van der Waals surface area contributed by atoms with Crippen LogP contribution in [-0.2, 0) is 16.0 Å².